The van der Waals surface area contributed by atoms with Gasteiger partial charge in [0.25, 0.3) is 0 Å². The Morgan fingerprint density at radius 2 is 1.95 bits per heavy atom. The first-order chi connectivity index (χ1) is 9.75. The molecule has 5 nitrogen and oxygen atoms in total. The second kappa shape index (κ2) is 8.19. The predicted molar refractivity (Wildman–Crippen MR) is 84.2 cm³/mol. The molecule has 2 aliphatic rings. The first kappa shape index (κ1) is 15.2. The maximum absolute atomic E-state index is 4.34. The molecule has 2 atom stereocenters. The maximum atomic E-state index is 4.34. The summed E-state index contributed by atoms with van der Waals surface area (Å²) in [6, 6.07) is 7.30. The smallest absolute Gasteiger partial charge is 0.128 e. The minimum Gasteiger partial charge on any atom is -0.354 e. The molecule has 0 bridgehead atoms. The zero-order valence-corrected chi connectivity index (χ0v) is 12.6. The van der Waals surface area contributed by atoms with E-state index in [1.54, 1.807) is 0 Å². The van der Waals surface area contributed by atoms with Gasteiger partial charge < -0.3 is 20.9 Å². The molecule has 3 heterocycles. The Morgan fingerprint density at radius 3 is 2.50 bits per heavy atom. The Labute approximate surface area is 122 Å². The first-order valence-electron chi connectivity index (χ1n) is 7.59. The number of nitrogens with zero attached hydrogens (tertiary/aromatic N) is 2. The standard InChI is InChI=1S/C10H15N3.C5H12N2/c1-9-8-13(7-6-11-9)10-4-2-3-5-12-10;1-5-4-6-2-3-7-5/h2-5,9,11H,6-8H2,1H3;5-7H,2-4H2,1H3/t9-;5-/m00/s1. The lowest BCUT2D eigenvalue weighted by atomic mass is 10.2. The van der Waals surface area contributed by atoms with Gasteiger partial charge in [-0.2, -0.15) is 0 Å². The highest BCUT2D eigenvalue weighted by Crippen LogP contribution is 2.11. The van der Waals surface area contributed by atoms with Crippen LogP contribution in [0.2, 0.25) is 0 Å². The zero-order valence-electron chi connectivity index (χ0n) is 12.6. The van der Waals surface area contributed by atoms with Crippen LogP contribution in [0.25, 0.3) is 0 Å². The third-order valence-corrected chi connectivity index (χ3v) is 3.59. The summed E-state index contributed by atoms with van der Waals surface area (Å²) in [6.45, 7) is 10.9. The van der Waals surface area contributed by atoms with Crippen LogP contribution in [0.15, 0.2) is 24.4 Å². The summed E-state index contributed by atoms with van der Waals surface area (Å²) in [5, 5.41) is 10.0. The average molecular weight is 277 g/mol. The van der Waals surface area contributed by atoms with E-state index in [4.69, 9.17) is 0 Å². The Morgan fingerprint density at radius 1 is 1.10 bits per heavy atom. The highest BCUT2D eigenvalue weighted by molar-refractivity contribution is 5.38. The molecule has 0 amide bonds. The largest absolute Gasteiger partial charge is 0.354 e. The topological polar surface area (TPSA) is 52.2 Å². The maximum Gasteiger partial charge on any atom is 0.128 e. The van der Waals surface area contributed by atoms with Crippen molar-refractivity contribution in [1.82, 2.24) is 20.9 Å². The third kappa shape index (κ3) is 5.07. The van der Waals surface area contributed by atoms with E-state index in [-0.39, 0.29) is 0 Å². The Bertz CT molecular complexity index is 364. The van der Waals surface area contributed by atoms with Crippen molar-refractivity contribution in [3.63, 3.8) is 0 Å². The van der Waals surface area contributed by atoms with E-state index in [1.165, 1.54) is 0 Å². The lowest BCUT2D eigenvalue weighted by Gasteiger charge is -2.32. The van der Waals surface area contributed by atoms with Crippen LogP contribution in [0, 0.1) is 0 Å². The van der Waals surface area contributed by atoms with Crippen molar-refractivity contribution in [2.45, 2.75) is 25.9 Å². The van der Waals surface area contributed by atoms with E-state index >= 15 is 0 Å². The number of pyridine rings is 1. The minimum absolute atomic E-state index is 0.566. The fraction of sp³-hybridized carbons (Fsp3) is 0.667. The molecule has 1 aromatic heterocycles. The highest BCUT2D eigenvalue weighted by Gasteiger charge is 2.15. The van der Waals surface area contributed by atoms with Crippen molar-refractivity contribution in [2.24, 2.45) is 0 Å². The van der Waals surface area contributed by atoms with E-state index in [0.29, 0.717) is 12.1 Å². The number of piperazine rings is 2. The summed E-state index contributed by atoms with van der Waals surface area (Å²) in [4.78, 5) is 6.66. The molecule has 1 aromatic rings. The van der Waals surface area contributed by atoms with Crippen LogP contribution in [-0.2, 0) is 0 Å². The predicted octanol–water partition coefficient (Wildman–Crippen LogP) is 0.447. The van der Waals surface area contributed by atoms with Crippen molar-refractivity contribution in [3.05, 3.63) is 24.4 Å². The summed E-state index contributed by atoms with van der Waals surface area (Å²) in [6.07, 6.45) is 1.85. The van der Waals surface area contributed by atoms with Crippen LogP contribution in [-0.4, -0.2) is 56.3 Å². The molecule has 0 aromatic carbocycles. The van der Waals surface area contributed by atoms with Gasteiger partial charge in [0.1, 0.15) is 5.82 Å². The highest BCUT2D eigenvalue weighted by atomic mass is 15.2. The monoisotopic (exact) mass is 277 g/mol. The van der Waals surface area contributed by atoms with E-state index < -0.39 is 0 Å². The average Bonchev–Trinajstić information content (AvgIpc) is 2.50. The quantitative estimate of drug-likeness (QED) is 0.696. The van der Waals surface area contributed by atoms with E-state index in [0.717, 1.165) is 45.1 Å². The van der Waals surface area contributed by atoms with Crippen molar-refractivity contribution in [3.8, 4) is 0 Å². The molecule has 0 radical (unpaired) electrons. The summed E-state index contributed by atoms with van der Waals surface area (Å²) in [5.74, 6) is 1.09. The molecule has 0 saturated carbocycles. The molecule has 2 fully saturated rings. The molecule has 3 N–H and O–H groups in total. The number of anilines is 1. The van der Waals surface area contributed by atoms with Gasteiger partial charge in [0, 0.05) is 57.5 Å². The van der Waals surface area contributed by atoms with Gasteiger partial charge in [0.2, 0.25) is 0 Å². The van der Waals surface area contributed by atoms with Crippen molar-refractivity contribution in [1.29, 1.82) is 0 Å². The fourth-order valence-electron chi connectivity index (χ4n) is 2.48. The molecule has 0 aliphatic carbocycles. The van der Waals surface area contributed by atoms with Crippen LogP contribution in [0.1, 0.15) is 13.8 Å². The van der Waals surface area contributed by atoms with E-state index in [2.05, 4.69) is 45.7 Å². The van der Waals surface area contributed by atoms with Gasteiger partial charge >= 0.3 is 0 Å². The lowest BCUT2D eigenvalue weighted by molar-refractivity contribution is 0.442. The molecule has 112 valence electrons. The summed E-state index contributed by atoms with van der Waals surface area (Å²) >= 11 is 0. The van der Waals surface area contributed by atoms with Gasteiger partial charge in [-0.25, -0.2) is 4.98 Å². The van der Waals surface area contributed by atoms with Crippen LogP contribution < -0.4 is 20.9 Å². The van der Waals surface area contributed by atoms with Crippen LogP contribution in [0.5, 0.6) is 0 Å². The molecule has 2 saturated heterocycles. The fourth-order valence-corrected chi connectivity index (χ4v) is 2.48. The zero-order chi connectivity index (χ0) is 14.2. The summed E-state index contributed by atoms with van der Waals surface area (Å²) < 4.78 is 0. The molecule has 20 heavy (non-hydrogen) atoms. The van der Waals surface area contributed by atoms with Gasteiger partial charge in [0.05, 0.1) is 0 Å². The SMILES string of the molecule is C[C@H]1CN(c2ccccn2)CCN1.C[C@H]1CNCCN1. The number of rotatable bonds is 1. The van der Waals surface area contributed by atoms with Crippen LogP contribution in [0.4, 0.5) is 5.82 Å². The van der Waals surface area contributed by atoms with Gasteiger partial charge in [-0.15, -0.1) is 0 Å². The molecule has 0 spiro atoms. The minimum atomic E-state index is 0.566. The molecular weight excluding hydrogens is 250 g/mol. The summed E-state index contributed by atoms with van der Waals surface area (Å²) in [7, 11) is 0. The Balaban J connectivity index is 0.000000178. The number of nitrogens with one attached hydrogen (secondary N) is 3. The van der Waals surface area contributed by atoms with E-state index in [1.807, 2.05) is 18.3 Å². The normalized spacial score (nSPS) is 26.6. The van der Waals surface area contributed by atoms with Crippen LogP contribution >= 0.6 is 0 Å². The number of hydrogen-bond donors (Lipinski definition) is 3. The van der Waals surface area contributed by atoms with E-state index in [9.17, 15) is 0 Å². The Hall–Kier alpha value is -1.17. The van der Waals surface area contributed by atoms with Gasteiger partial charge in [-0.3, -0.25) is 0 Å². The van der Waals surface area contributed by atoms with Gasteiger partial charge in [-0.05, 0) is 26.0 Å². The lowest BCUT2D eigenvalue weighted by Crippen LogP contribution is -2.49. The van der Waals surface area contributed by atoms with Crippen molar-refractivity contribution in [2.75, 3.05) is 44.2 Å². The van der Waals surface area contributed by atoms with Gasteiger partial charge in [0.15, 0.2) is 0 Å². The van der Waals surface area contributed by atoms with Crippen molar-refractivity contribution >= 4 is 5.82 Å². The summed E-state index contributed by atoms with van der Waals surface area (Å²) in [5.41, 5.74) is 0. The number of hydrogen-bond acceptors (Lipinski definition) is 5. The second-order valence-electron chi connectivity index (χ2n) is 5.55. The third-order valence-electron chi connectivity index (χ3n) is 3.59. The van der Waals surface area contributed by atoms with Crippen molar-refractivity contribution < 1.29 is 0 Å². The molecule has 5 heteroatoms. The Kier molecular flexibility index (Phi) is 6.24. The molecule has 3 rings (SSSR count). The first-order valence-corrected chi connectivity index (χ1v) is 7.59. The molecule has 2 aliphatic heterocycles. The van der Waals surface area contributed by atoms with Gasteiger partial charge in [-0.1, -0.05) is 6.07 Å². The van der Waals surface area contributed by atoms with Crippen LogP contribution in [0.3, 0.4) is 0 Å². The number of aromatic nitrogens is 1. The second-order valence-corrected chi connectivity index (χ2v) is 5.55. The molecule has 0 unspecified atom stereocenters. The molecular formula is C15H27N5.